The van der Waals surface area contributed by atoms with Crippen LogP contribution in [-0.4, -0.2) is 54.8 Å². The maximum Gasteiger partial charge on any atom is 0.410 e. The zero-order chi connectivity index (χ0) is 19.9. The van der Waals surface area contributed by atoms with Crippen LogP contribution in [0.15, 0.2) is 16.6 Å². The molecule has 27 heavy (non-hydrogen) atoms. The number of carbonyl (C=O) groups is 1. The largest absolute Gasteiger partial charge is 0.490 e. The highest BCUT2D eigenvalue weighted by Gasteiger charge is 2.43. The third kappa shape index (κ3) is 4.12. The van der Waals surface area contributed by atoms with Crippen molar-refractivity contribution in [1.29, 1.82) is 0 Å². The Labute approximate surface area is 166 Å². The molecule has 9 heteroatoms. The van der Waals surface area contributed by atoms with Crippen LogP contribution in [0, 0.1) is 22.0 Å². The van der Waals surface area contributed by atoms with E-state index in [4.69, 9.17) is 9.47 Å². The number of likely N-dealkylation sites (tertiary alicyclic amines) is 1. The van der Waals surface area contributed by atoms with Crippen LogP contribution in [0.2, 0.25) is 0 Å². The molecule has 0 N–H and O–H groups in total. The van der Waals surface area contributed by atoms with Crippen molar-refractivity contribution in [3.05, 3.63) is 26.7 Å². The lowest BCUT2D eigenvalue weighted by Crippen LogP contribution is -2.37. The number of rotatable bonds is 3. The minimum atomic E-state index is -0.499. The van der Waals surface area contributed by atoms with Gasteiger partial charge in [-0.1, -0.05) is 0 Å². The van der Waals surface area contributed by atoms with E-state index in [1.807, 2.05) is 20.8 Å². The number of nitro groups is 1. The Morgan fingerprint density at radius 2 is 1.81 bits per heavy atom. The summed E-state index contributed by atoms with van der Waals surface area (Å²) in [5, 5.41) is 11.2. The lowest BCUT2D eigenvalue weighted by molar-refractivity contribution is -0.385. The number of ether oxygens (including phenoxy) is 2. The molecule has 2 atom stereocenters. The van der Waals surface area contributed by atoms with E-state index in [9.17, 15) is 14.9 Å². The van der Waals surface area contributed by atoms with E-state index in [-0.39, 0.29) is 17.5 Å². The average molecular weight is 442 g/mol. The van der Waals surface area contributed by atoms with Crippen LogP contribution in [0.25, 0.3) is 0 Å². The van der Waals surface area contributed by atoms with Gasteiger partial charge in [-0.05, 0) is 36.7 Å². The Morgan fingerprint density at radius 1 is 1.22 bits per heavy atom. The van der Waals surface area contributed by atoms with E-state index in [1.54, 1.807) is 11.0 Å². The first-order valence-electron chi connectivity index (χ1n) is 8.84. The zero-order valence-electron chi connectivity index (χ0n) is 15.9. The molecule has 2 fully saturated rings. The van der Waals surface area contributed by atoms with Crippen LogP contribution < -0.4 is 9.64 Å². The minimum absolute atomic E-state index is 0.0661. The van der Waals surface area contributed by atoms with Gasteiger partial charge in [0.15, 0.2) is 5.75 Å². The van der Waals surface area contributed by atoms with Gasteiger partial charge >= 0.3 is 11.8 Å². The SMILES string of the molecule is COc1cc(N2C[C@H]3CN(C(=O)OC(C)(C)C)C[C@H]3C2)c(Br)cc1[N+](=O)[O-]. The number of methoxy groups -OCH3 is 1. The molecule has 0 radical (unpaired) electrons. The normalized spacial score (nSPS) is 22.0. The summed E-state index contributed by atoms with van der Waals surface area (Å²) in [5.41, 5.74) is 0.306. The number of fused-ring (bicyclic) bond motifs is 1. The van der Waals surface area contributed by atoms with Gasteiger partial charge in [0.1, 0.15) is 5.60 Å². The van der Waals surface area contributed by atoms with Gasteiger partial charge in [-0.2, -0.15) is 0 Å². The number of nitro benzene ring substituents is 1. The van der Waals surface area contributed by atoms with Crippen molar-refractivity contribution in [3.63, 3.8) is 0 Å². The molecular weight excluding hydrogens is 418 g/mol. The van der Waals surface area contributed by atoms with Crippen LogP contribution in [0.5, 0.6) is 5.75 Å². The van der Waals surface area contributed by atoms with E-state index in [0.717, 1.165) is 18.8 Å². The van der Waals surface area contributed by atoms with Gasteiger partial charge < -0.3 is 19.3 Å². The van der Waals surface area contributed by atoms with Crippen LogP contribution in [0.4, 0.5) is 16.2 Å². The summed E-state index contributed by atoms with van der Waals surface area (Å²) in [6.45, 7) is 8.48. The fraction of sp³-hybridized carbons (Fsp3) is 0.611. The summed E-state index contributed by atoms with van der Waals surface area (Å²) >= 11 is 3.45. The maximum atomic E-state index is 12.3. The first-order valence-corrected chi connectivity index (χ1v) is 9.63. The first-order chi connectivity index (χ1) is 12.6. The molecule has 1 amide bonds. The summed E-state index contributed by atoms with van der Waals surface area (Å²) in [6.07, 6.45) is -0.262. The standard InChI is InChI=1S/C18H24BrN3O5/c1-18(2,3)27-17(23)21-9-11-7-20(8-12(11)10-21)14-6-16(26-4)15(22(24)25)5-13(14)19/h5-6,11-12H,7-10H2,1-4H3/t11-,12+. The molecule has 3 rings (SSSR count). The summed E-state index contributed by atoms with van der Waals surface area (Å²) in [6, 6.07) is 3.18. The number of nitrogens with zero attached hydrogens (tertiary/aromatic N) is 3. The second kappa shape index (κ2) is 7.18. The molecule has 0 saturated carbocycles. The lowest BCUT2D eigenvalue weighted by Gasteiger charge is -2.27. The van der Waals surface area contributed by atoms with Crippen molar-refractivity contribution < 1.29 is 19.2 Å². The second-order valence-electron chi connectivity index (χ2n) is 8.04. The van der Waals surface area contributed by atoms with E-state index in [2.05, 4.69) is 20.8 Å². The topological polar surface area (TPSA) is 85.2 Å². The molecule has 1 aromatic rings. The van der Waals surface area contributed by atoms with E-state index < -0.39 is 10.5 Å². The summed E-state index contributed by atoms with van der Waals surface area (Å²) in [4.78, 5) is 27.0. The van der Waals surface area contributed by atoms with Gasteiger partial charge in [0, 0.05) is 54.6 Å². The summed E-state index contributed by atoms with van der Waals surface area (Å²) < 4.78 is 11.3. The highest BCUT2D eigenvalue weighted by molar-refractivity contribution is 9.10. The van der Waals surface area contributed by atoms with Crippen molar-refractivity contribution in [2.45, 2.75) is 26.4 Å². The van der Waals surface area contributed by atoms with Crippen LogP contribution in [0.1, 0.15) is 20.8 Å². The van der Waals surface area contributed by atoms with Crippen LogP contribution in [0.3, 0.4) is 0 Å². The van der Waals surface area contributed by atoms with Crippen molar-refractivity contribution >= 4 is 33.4 Å². The number of hydrogen-bond donors (Lipinski definition) is 0. The van der Waals surface area contributed by atoms with Gasteiger partial charge in [-0.3, -0.25) is 10.1 Å². The molecule has 0 bridgehead atoms. The molecule has 0 aliphatic carbocycles. The zero-order valence-corrected chi connectivity index (χ0v) is 17.5. The predicted molar refractivity (Wildman–Crippen MR) is 104 cm³/mol. The van der Waals surface area contributed by atoms with Gasteiger partial charge in [-0.25, -0.2) is 4.79 Å². The molecular formula is C18H24BrN3O5. The molecule has 2 aliphatic rings. The lowest BCUT2D eigenvalue weighted by atomic mass is 10.0. The Kier molecular flexibility index (Phi) is 5.24. The van der Waals surface area contributed by atoms with Gasteiger partial charge in [0.25, 0.3) is 0 Å². The highest BCUT2D eigenvalue weighted by Crippen LogP contribution is 2.42. The number of anilines is 1. The Bertz CT molecular complexity index is 750. The van der Waals surface area contributed by atoms with Gasteiger partial charge in [0.05, 0.1) is 17.7 Å². The maximum absolute atomic E-state index is 12.3. The Morgan fingerprint density at radius 3 is 2.30 bits per heavy atom. The van der Waals surface area contributed by atoms with Crippen molar-refractivity contribution in [1.82, 2.24) is 4.90 Å². The quantitative estimate of drug-likeness (QED) is 0.525. The predicted octanol–water partition coefficient (Wildman–Crippen LogP) is 3.67. The monoisotopic (exact) mass is 441 g/mol. The van der Waals surface area contributed by atoms with Gasteiger partial charge in [-0.15, -0.1) is 0 Å². The van der Waals surface area contributed by atoms with Gasteiger partial charge in [0.2, 0.25) is 0 Å². The van der Waals surface area contributed by atoms with Crippen molar-refractivity contribution in [3.8, 4) is 5.75 Å². The van der Waals surface area contributed by atoms with Crippen molar-refractivity contribution in [2.75, 3.05) is 38.2 Å². The number of amides is 1. The molecule has 0 spiro atoms. The molecule has 2 heterocycles. The van der Waals surface area contributed by atoms with Crippen LogP contribution in [-0.2, 0) is 4.74 Å². The number of halogens is 1. The molecule has 8 nitrogen and oxygen atoms in total. The third-order valence-electron chi connectivity index (χ3n) is 4.92. The number of benzene rings is 1. The average Bonchev–Trinajstić information content (AvgIpc) is 3.11. The first kappa shape index (κ1) is 19.7. The molecule has 148 valence electrons. The highest BCUT2D eigenvalue weighted by atomic mass is 79.9. The second-order valence-corrected chi connectivity index (χ2v) is 8.90. The molecule has 0 aromatic heterocycles. The Hall–Kier alpha value is -2.03. The Balaban J connectivity index is 1.71. The minimum Gasteiger partial charge on any atom is -0.490 e. The van der Waals surface area contributed by atoms with E-state index >= 15 is 0 Å². The summed E-state index contributed by atoms with van der Waals surface area (Å²) in [7, 11) is 1.43. The molecule has 2 aliphatic heterocycles. The fourth-order valence-corrected chi connectivity index (χ4v) is 4.33. The number of hydrogen-bond acceptors (Lipinski definition) is 6. The van der Waals surface area contributed by atoms with Crippen molar-refractivity contribution in [2.24, 2.45) is 11.8 Å². The fourth-order valence-electron chi connectivity index (χ4n) is 3.75. The van der Waals surface area contributed by atoms with Crippen LogP contribution >= 0.6 is 15.9 Å². The van der Waals surface area contributed by atoms with E-state index in [1.165, 1.54) is 13.2 Å². The summed E-state index contributed by atoms with van der Waals surface area (Å²) in [5.74, 6) is 0.946. The third-order valence-corrected chi connectivity index (χ3v) is 5.56. The molecule has 2 saturated heterocycles. The smallest absolute Gasteiger partial charge is 0.410 e. The molecule has 1 aromatic carbocycles. The van der Waals surface area contributed by atoms with E-state index in [0.29, 0.717) is 29.4 Å². The molecule has 0 unspecified atom stereocenters. The number of carbonyl (C=O) groups excluding carboxylic acids is 1.